The van der Waals surface area contributed by atoms with Gasteiger partial charge in [0.05, 0.1) is 6.54 Å². The molecule has 0 aromatic carbocycles. The van der Waals surface area contributed by atoms with E-state index in [9.17, 15) is 4.79 Å². The average Bonchev–Trinajstić information content (AvgIpc) is 2.19. The zero-order valence-electron chi connectivity index (χ0n) is 6.47. The van der Waals surface area contributed by atoms with Crippen LogP contribution in [-0.2, 0) is 11.3 Å². The minimum absolute atomic E-state index is 0.332. The molecule has 4 heteroatoms. The predicted molar refractivity (Wildman–Crippen MR) is 45.5 cm³/mol. The zero-order valence-corrected chi connectivity index (χ0v) is 8.05. The van der Waals surface area contributed by atoms with E-state index in [0.717, 1.165) is 22.1 Å². The van der Waals surface area contributed by atoms with Crippen molar-refractivity contribution < 1.29 is 4.79 Å². The van der Waals surface area contributed by atoms with Crippen molar-refractivity contribution in [1.82, 2.24) is 9.78 Å². The quantitative estimate of drug-likeness (QED) is 0.703. The number of carbonyl (C=O) groups excluding carboxylic acids is 1. The molecular weight excluding hydrogens is 208 g/mol. The van der Waals surface area contributed by atoms with Gasteiger partial charge in [-0.25, -0.2) is 0 Å². The third-order valence-corrected chi connectivity index (χ3v) is 2.45. The van der Waals surface area contributed by atoms with Gasteiger partial charge in [0, 0.05) is 11.3 Å². The molecule has 0 atom stereocenters. The van der Waals surface area contributed by atoms with Crippen LogP contribution >= 0.6 is 15.9 Å². The fraction of sp³-hybridized carbons (Fsp3) is 0.429. The van der Waals surface area contributed by atoms with Crippen LogP contribution in [0.1, 0.15) is 11.3 Å². The Morgan fingerprint density at radius 3 is 2.64 bits per heavy atom. The van der Waals surface area contributed by atoms with Gasteiger partial charge in [0.2, 0.25) is 0 Å². The van der Waals surface area contributed by atoms with Gasteiger partial charge in [-0.2, -0.15) is 5.10 Å². The topological polar surface area (TPSA) is 34.9 Å². The Bertz CT molecular complexity index is 280. The molecule has 1 rings (SSSR count). The Balaban J connectivity index is 3.07. The van der Waals surface area contributed by atoms with Crippen LogP contribution in [0, 0.1) is 13.8 Å². The molecule has 0 saturated heterocycles. The molecule has 0 radical (unpaired) electrons. The lowest BCUT2D eigenvalue weighted by molar-refractivity contribution is -0.108. The second-order valence-corrected chi connectivity index (χ2v) is 3.10. The molecule has 3 nitrogen and oxygen atoms in total. The lowest BCUT2D eigenvalue weighted by atomic mass is 10.3. The van der Waals surface area contributed by atoms with Gasteiger partial charge in [0.15, 0.2) is 0 Å². The zero-order chi connectivity index (χ0) is 8.43. The van der Waals surface area contributed by atoms with Gasteiger partial charge >= 0.3 is 0 Å². The number of nitrogens with zero attached hydrogens (tertiary/aromatic N) is 2. The molecule has 0 aliphatic rings. The van der Waals surface area contributed by atoms with Crippen LogP contribution in [0.5, 0.6) is 0 Å². The number of hydrogen-bond donors (Lipinski definition) is 0. The van der Waals surface area contributed by atoms with Crippen molar-refractivity contribution in [3.63, 3.8) is 0 Å². The number of rotatable bonds is 2. The van der Waals surface area contributed by atoms with Gasteiger partial charge in [-0.05, 0) is 29.8 Å². The van der Waals surface area contributed by atoms with E-state index in [-0.39, 0.29) is 0 Å². The molecule has 0 fully saturated rings. The van der Waals surface area contributed by atoms with E-state index in [2.05, 4.69) is 21.0 Å². The van der Waals surface area contributed by atoms with E-state index in [1.807, 2.05) is 13.8 Å². The molecule has 0 aliphatic carbocycles. The van der Waals surface area contributed by atoms with Crippen molar-refractivity contribution in [1.29, 1.82) is 0 Å². The summed E-state index contributed by atoms with van der Waals surface area (Å²) in [5, 5.41) is 4.10. The monoisotopic (exact) mass is 216 g/mol. The molecule has 0 spiro atoms. The Hall–Kier alpha value is -0.640. The van der Waals surface area contributed by atoms with Crippen LogP contribution in [0.25, 0.3) is 0 Å². The first-order valence-corrected chi connectivity index (χ1v) is 4.09. The standard InChI is InChI=1S/C7H9BrN2O/c1-5-6(2)10(3-4-11)9-7(5)8/h4H,3H2,1-2H3. The number of hydrogen-bond acceptors (Lipinski definition) is 2. The van der Waals surface area contributed by atoms with Gasteiger partial charge in [-0.15, -0.1) is 0 Å². The first-order chi connectivity index (χ1) is 5.16. The SMILES string of the molecule is Cc1c(Br)nn(CC=O)c1C. The van der Waals surface area contributed by atoms with Crippen LogP contribution in [-0.4, -0.2) is 16.1 Å². The highest BCUT2D eigenvalue weighted by atomic mass is 79.9. The maximum atomic E-state index is 10.2. The lowest BCUT2D eigenvalue weighted by Gasteiger charge is -1.96. The Morgan fingerprint density at radius 2 is 2.27 bits per heavy atom. The van der Waals surface area contributed by atoms with Crippen molar-refractivity contribution in [2.75, 3.05) is 0 Å². The molecule has 1 aromatic heterocycles. The Labute approximate surface area is 73.5 Å². The van der Waals surface area contributed by atoms with Gasteiger partial charge in [-0.3, -0.25) is 4.68 Å². The molecule has 1 heterocycles. The highest BCUT2D eigenvalue weighted by Gasteiger charge is 2.06. The van der Waals surface area contributed by atoms with E-state index >= 15 is 0 Å². The van der Waals surface area contributed by atoms with Crippen molar-refractivity contribution >= 4 is 22.2 Å². The molecule has 0 unspecified atom stereocenters. The summed E-state index contributed by atoms with van der Waals surface area (Å²) >= 11 is 3.29. The Morgan fingerprint density at radius 1 is 1.64 bits per heavy atom. The molecule has 11 heavy (non-hydrogen) atoms. The third-order valence-electron chi connectivity index (χ3n) is 1.70. The first kappa shape index (κ1) is 8.46. The van der Waals surface area contributed by atoms with Crippen molar-refractivity contribution in [3.8, 4) is 0 Å². The maximum absolute atomic E-state index is 10.2. The number of aromatic nitrogens is 2. The Kier molecular flexibility index (Phi) is 2.44. The lowest BCUT2D eigenvalue weighted by Crippen LogP contribution is -2.02. The smallest absolute Gasteiger partial charge is 0.141 e. The van der Waals surface area contributed by atoms with Crippen molar-refractivity contribution in [2.24, 2.45) is 0 Å². The summed E-state index contributed by atoms with van der Waals surface area (Å²) in [6.07, 6.45) is 0.839. The van der Waals surface area contributed by atoms with E-state index in [1.165, 1.54) is 0 Å². The largest absolute Gasteiger partial charge is 0.301 e. The highest BCUT2D eigenvalue weighted by molar-refractivity contribution is 9.10. The molecule has 0 saturated carbocycles. The number of halogens is 1. The van der Waals surface area contributed by atoms with E-state index < -0.39 is 0 Å². The summed E-state index contributed by atoms with van der Waals surface area (Å²) in [6, 6.07) is 0. The highest BCUT2D eigenvalue weighted by Crippen LogP contribution is 2.16. The minimum atomic E-state index is 0.332. The van der Waals surface area contributed by atoms with E-state index in [0.29, 0.717) is 6.54 Å². The van der Waals surface area contributed by atoms with Crippen LogP contribution in [0.3, 0.4) is 0 Å². The van der Waals surface area contributed by atoms with E-state index in [1.54, 1.807) is 4.68 Å². The normalized spacial score (nSPS) is 10.1. The molecule has 0 bridgehead atoms. The molecule has 0 amide bonds. The maximum Gasteiger partial charge on any atom is 0.141 e. The summed E-state index contributed by atoms with van der Waals surface area (Å²) < 4.78 is 2.49. The van der Waals surface area contributed by atoms with E-state index in [4.69, 9.17) is 0 Å². The summed E-state index contributed by atoms with van der Waals surface area (Å²) in [7, 11) is 0. The summed E-state index contributed by atoms with van der Waals surface area (Å²) in [6.45, 7) is 4.24. The number of aldehydes is 1. The van der Waals surface area contributed by atoms with Crippen LogP contribution < -0.4 is 0 Å². The fourth-order valence-electron chi connectivity index (χ4n) is 0.847. The number of carbonyl (C=O) groups is 1. The molecule has 0 aliphatic heterocycles. The minimum Gasteiger partial charge on any atom is -0.301 e. The van der Waals surface area contributed by atoms with Gasteiger partial charge in [0.25, 0.3) is 0 Å². The summed E-state index contributed by atoms with van der Waals surface area (Å²) in [4.78, 5) is 10.2. The summed E-state index contributed by atoms with van der Waals surface area (Å²) in [5.41, 5.74) is 2.12. The summed E-state index contributed by atoms with van der Waals surface area (Å²) in [5.74, 6) is 0. The average molecular weight is 217 g/mol. The van der Waals surface area contributed by atoms with Crippen molar-refractivity contribution in [3.05, 3.63) is 15.9 Å². The van der Waals surface area contributed by atoms with Gasteiger partial charge in [-0.1, -0.05) is 0 Å². The van der Waals surface area contributed by atoms with Gasteiger partial charge < -0.3 is 4.79 Å². The third kappa shape index (κ3) is 1.50. The molecular formula is C7H9BrN2O. The van der Waals surface area contributed by atoms with Crippen LogP contribution in [0.15, 0.2) is 4.60 Å². The second kappa shape index (κ2) is 3.17. The fourth-order valence-corrected chi connectivity index (χ4v) is 1.33. The van der Waals surface area contributed by atoms with Crippen LogP contribution in [0.2, 0.25) is 0 Å². The van der Waals surface area contributed by atoms with Crippen LogP contribution in [0.4, 0.5) is 0 Å². The molecule has 0 N–H and O–H groups in total. The van der Waals surface area contributed by atoms with Gasteiger partial charge in [0.1, 0.15) is 10.9 Å². The molecule has 60 valence electrons. The predicted octanol–water partition coefficient (Wildman–Crippen LogP) is 1.46. The second-order valence-electron chi connectivity index (χ2n) is 2.35. The molecule has 1 aromatic rings. The van der Waals surface area contributed by atoms with Crippen molar-refractivity contribution in [2.45, 2.75) is 20.4 Å². The first-order valence-electron chi connectivity index (χ1n) is 3.30.